The Morgan fingerprint density at radius 1 is 1.02 bits per heavy atom. The molecule has 228 valence electrons. The number of nitrogens with zero attached hydrogens (tertiary/aromatic N) is 5. The molecule has 43 heavy (non-hydrogen) atoms. The van der Waals surface area contributed by atoms with E-state index in [1.54, 1.807) is 25.3 Å². The van der Waals surface area contributed by atoms with Gasteiger partial charge in [-0.25, -0.2) is 14.8 Å². The molecular weight excluding hydrogens is 562 g/mol. The second-order valence-electron chi connectivity index (χ2n) is 13.0. The molecule has 0 aliphatic carbocycles. The van der Waals surface area contributed by atoms with Crippen molar-refractivity contribution in [3.63, 3.8) is 0 Å². The first-order valence-electron chi connectivity index (χ1n) is 14.3. The minimum Gasteiger partial charge on any atom is -0.456 e. The van der Waals surface area contributed by atoms with Crippen LogP contribution < -0.4 is 4.84 Å². The van der Waals surface area contributed by atoms with Crippen LogP contribution in [0.5, 0.6) is 0 Å². The Morgan fingerprint density at radius 3 is 2.40 bits per heavy atom. The van der Waals surface area contributed by atoms with Crippen LogP contribution in [0.25, 0.3) is 28.1 Å². The van der Waals surface area contributed by atoms with E-state index in [-0.39, 0.29) is 11.0 Å². The molecule has 4 rings (SSSR count). The highest BCUT2D eigenvalue weighted by molar-refractivity contribution is 6.74. The number of esters is 1. The SMILES string of the molecule is CC(=O)O[C@H](C)c1ccc2ccc(/C=C/C(C)(C(=O)On3nnc4ncccc43)C(C)(C)O[Si](C)(C)C(C)(C)C)cc2n1. The summed E-state index contributed by atoms with van der Waals surface area (Å²) in [5.41, 5.74) is 0.837. The van der Waals surface area contributed by atoms with Gasteiger partial charge in [0.05, 0.1) is 16.8 Å². The molecule has 10 nitrogen and oxygen atoms in total. The van der Waals surface area contributed by atoms with E-state index in [0.717, 1.165) is 21.3 Å². The number of hydrogen-bond acceptors (Lipinski definition) is 9. The summed E-state index contributed by atoms with van der Waals surface area (Å²) in [6.07, 6.45) is 4.83. The second-order valence-corrected chi connectivity index (χ2v) is 17.8. The van der Waals surface area contributed by atoms with E-state index in [0.29, 0.717) is 16.9 Å². The van der Waals surface area contributed by atoms with Crippen LogP contribution in [0.2, 0.25) is 18.1 Å². The molecular formula is C32H41N5O5Si. The smallest absolute Gasteiger partial charge is 0.347 e. The van der Waals surface area contributed by atoms with Gasteiger partial charge in [0.15, 0.2) is 13.8 Å². The van der Waals surface area contributed by atoms with E-state index in [2.05, 4.69) is 49.2 Å². The number of ether oxygens (including phenoxy) is 1. The van der Waals surface area contributed by atoms with Crippen LogP contribution in [-0.2, 0) is 18.8 Å². The minimum atomic E-state index is -2.32. The minimum absolute atomic E-state index is 0.0858. The molecule has 3 aromatic heterocycles. The number of rotatable bonds is 9. The first-order chi connectivity index (χ1) is 19.9. The maximum Gasteiger partial charge on any atom is 0.347 e. The summed E-state index contributed by atoms with van der Waals surface area (Å²) in [5, 5.41) is 8.87. The number of hydrogen-bond donors (Lipinski definition) is 0. The Kier molecular flexibility index (Phi) is 8.63. The molecule has 0 saturated heterocycles. The van der Waals surface area contributed by atoms with E-state index in [4.69, 9.17) is 19.0 Å². The van der Waals surface area contributed by atoms with Gasteiger partial charge in [0.1, 0.15) is 11.5 Å². The predicted octanol–water partition coefficient (Wildman–Crippen LogP) is 6.47. The fraction of sp³-hybridized carbons (Fsp3) is 0.438. The lowest BCUT2D eigenvalue weighted by molar-refractivity contribution is -0.164. The molecule has 0 amide bonds. The number of pyridine rings is 2. The molecule has 0 aliphatic heterocycles. The molecule has 4 aromatic rings. The first-order valence-corrected chi connectivity index (χ1v) is 17.2. The van der Waals surface area contributed by atoms with E-state index in [9.17, 15) is 9.59 Å². The van der Waals surface area contributed by atoms with Crippen molar-refractivity contribution in [3.05, 3.63) is 66.0 Å². The highest BCUT2D eigenvalue weighted by atomic mass is 28.4. The number of carbonyl (C=O) groups excluding carboxylic acids is 2. The molecule has 0 bridgehead atoms. The summed E-state index contributed by atoms with van der Waals surface area (Å²) in [7, 11) is -2.32. The predicted molar refractivity (Wildman–Crippen MR) is 168 cm³/mol. The fourth-order valence-electron chi connectivity index (χ4n) is 4.45. The van der Waals surface area contributed by atoms with Crippen molar-refractivity contribution >= 4 is 48.4 Å². The molecule has 2 atom stereocenters. The van der Waals surface area contributed by atoms with Crippen LogP contribution in [0.1, 0.15) is 72.8 Å². The largest absolute Gasteiger partial charge is 0.456 e. The van der Waals surface area contributed by atoms with Crippen molar-refractivity contribution in [2.45, 2.75) is 85.2 Å². The molecule has 1 unspecified atom stereocenters. The van der Waals surface area contributed by atoms with Gasteiger partial charge in [-0.15, -0.1) is 5.10 Å². The van der Waals surface area contributed by atoms with Crippen molar-refractivity contribution in [1.82, 2.24) is 25.1 Å². The van der Waals surface area contributed by atoms with Gasteiger partial charge in [-0.3, -0.25) is 4.79 Å². The van der Waals surface area contributed by atoms with E-state index >= 15 is 0 Å². The standard InChI is InChI=1S/C32H41N5O5Si/c1-21(40-22(2)38)25-16-15-24-14-13-23(20-26(24)34-25)17-18-32(8,31(6,7)42-43(9,10)30(3,4)5)29(39)41-37-27-12-11-19-33-28(27)35-36-37/h11-21H,1-10H3/b18-17+/t21-,32?/m1/s1. The van der Waals surface area contributed by atoms with Gasteiger partial charge in [-0.2, -0.15) is 0 Å². The molecule has 0 spiro atoms. The van der Waals surface area contributed by atoms with Gasteiger partial charge >= 0.3 is 11.9 Å². The van der Waals surface area contributed by atoms with Crippen molar-refractivity contribution in [2.75, 3.05) is 0 Å². The summed E-state index contributed by atoms with van der Waals surface area (Å²) in [4.78, 5) is 41.4. The van der Waals surface area contributed by atoms with Crippen molar-refractivity contribution in [3.8, 4) is 0 Å². The van der Waals surface area contributed by atoms with E-state index in [1.807, 2.05) is 63.3 Å². The molecule has 0 N–H and O–H groups in total. The summed E-state index contributed by atoms with van der Waals surface area (Å²) in [6, 6.07) is 13.1. The average Bonchev–Trinajstić information content (AvgIpc) is 3.32. The second kappa shape index (κ2) is 11.6. The fourth-order valence-corrected chi connectivity index (χ4v) is 6.24. The van der Waals surface area contributed by atoms with Gasteiger partial charge in [0.25, 0.3) is 0 Å². The van der Waals surface area contributed by atoms with Gasteiger partial charge < -0.3 is 14.0 Å². The third-order valence-corrected chi connectivity index (χ3v) is 13.1. The third kappa shape index (κ3) is 6.67. The Morgan fingerprint density at radius 2 is 1.72 bits per heavy atom. The lowest BCUT2D eigenvalue weighted by atomic mass is 9.75. The Labute approximate surface area is 253 Å². The highest BCUT2D eigenvalue weighted by Crippen LogP contribution is 2.45. The van der Waals surface area contributed by atoms with E-state index in [1.165, 1.54) is 6.92 Å². The lowest BCUT2D eigenvalue weighted by Crippen LogP contribution is -2.57. The van der Waals surface area contributed by atoms with Crippen LogP contribution in [0, 0.1) is 5.41 Å². The first kappa shape index (κ1) is 32.0. The van der Waals surface area contributed by atoms with Crippen molar-refractivity contribution in [2.24, 2.45) is 5.41 Å². The number of carbonyl (C=O) groups is 2. The zero-order chi connectivity index (χ0) is 31.8. The third-order valence-electron chi connectivity index (χ3n) is 8.46. The van der Waals surface area contributed by atoms with Gasteiger partial charge in [0.2, 0.25) is 5.65 Å². The van der Waals surface area contributed by atoms with Gasteiger partial charge in [-0.1, -0.05) is 56.0 Å². The number of aromatic nitrogens is 5. The Balaban J connectivity index is 1.74. The zero-order valence-corrected chi connectivity index (χ0v) is 27.6. The zero-order valence-electron chi connectivity index (χ0n) is 26.6. The molecule has 1 aromatic carbocycles. The van der Waals surface area contributed by atoms with E-state index < -0.39 is 31.4 Å². The van der Waals surface area contributed by atoms with Crippen LogP contribution in [0.4, 0.5) is 0 Å². The molecule has 3 heterocycles. The summed E-state index contributed by atoms with van der Waals surface area (Å²) in [5.74, 6) is -0.922. The lowest BCUT2D eigenvalue weighted by Gasteiger charge is -2.48. The van der Waals surface area contributed by atoms with Gasteiger partial charge in [0, 0.05) is 18.5 Å². The summed E-state index contributed by atoms with van der Waals surface area (Å²) in [6.45, 7) is 19.6. The van der Waals surface area contributed by atoms with Gasteiger partial charge in [-0.05, 0) is 80.9 Å². The van der Waals surface area contributed by atoms with Crippen molar-refractivity contribution in [1.29, 1.82) is 0 Å². The molecule has 0 aliphatic rings. The van der Waals surface area contributed by atoms with Crippen LogP contribution in [0.15, 0.2) is 54.7 Å². The molecule has 0 saturated carbocycles. The normalized spacial score (nSPS) is 15.0. The quantitative estimate of drug-likeness (QED) is 0.120. The summed E-state index contributed by atoms with van der Waals surface area (Å²) >= 11 is 0. The highest BCUT2D eigenvalue weighted by Gasteiger charge is 2.53. The molecule has 0 radical (unpaired) electrons. The van der Waals surface area contributed by atoms with Crippen LogP contribution in [-0.4, -0.2) is 51.0 Å². The maximum absolute atomic E-state index is 14.1. The Bertz CT molecular complexity index is 1690. The monoisotopic (exact) mass is 603 g/mol. The number of fused-ring (bicyclic) bond motifs is 2. The Hall–Kier alpha value is -3.96. The van der Waals surface area contributed by atoms with Crippen LogP contribution in [0.3, 0.4) is 0 Å². The molecule has 11 heteroatoms. The van der Waals surface area contributed by atoms with Crippen molar-refractivity contribution < 1.29 is 23.6 Å². The van der Waals surface area contributed by atoms with Crippen LogP contribution >= 0.6 is 0 Å². The molecule has 0 fully saturated rings. The summed E-state index contributed by atoms with van der Waals surface area (Å²) < 4.78 is 12.2. The average molecular weight is 604 g/mol. The number of benzene rings is 1. The topological polar surface area (TPSA) is 118 Å². The maximum atomic E-state index is 14.1.